The first kappa shape index (κ1) is 8.80. The average Bonchev–Trinajstić information content (AvgIpc) is 2.99. The molecular weight excluding hydrogens is 156 g/mol. The molecule has 1 atom stereocenters. The number of rotatable bonds is 4. The van der Waals surface area contributed by atoms with E-state index in [-0.39, 0.29) is 0 Å². The Bertz CT molecular complexity index is 246. The maximum Gasteiger partial charge on any atom is -0.0190 e. The quantitative estimate of drug-likeness (QED) is 0.647. The SMILES string of the molecule is CC(CCC1CC1)c1ccccc1. The van der Waals surface area contributed by atoms with E-state index in [0.717, 1.165) is 11.8 Å². The van der Waals surface area contributed by atoms with Crippen LogP contribution in [0.4, 0.5) is 0 Å². The number of hydrogen-bond donors (Lipinski definition) is 0. The van der Waals surface area contributed by atoms with Gasteiger partial charge in [-0.1, -0.05) is 50.1 Å². The predicted octanol–water partition coefficient (Wildman–Crippen LogP) is 3.98. The lowest BCUT2D eigenvalue weighted by Gasteiger charge is -2.10. The van der Waals surface area contributed by atoms with Crippen LogP contribution in [0.5, 0.6) is 0 Å². The fourth-order valence-corrected chi connectivity index (χ4v) is 1.84. The van der Waals surface area contributed by atoms with E-state index in [0.29, 0.717) is 0 Å². The Morgan fingerprint density at radius 2 is 1.92 bits per heavy atom. The van der Waals surface area contributed by atoms with Crippen molar-refractivity contribution in [2.24, 2.45) is 5.92 Å². The lowest BCUT2D eigenvalue weighted by molar-refractivity contribution is 0.592. The Morgan fingerprint density at radius 3 is 2.54 bits per heavy atom. The van der Waals surface area contributed by atoms with Gasteiger partial charge in [0.1, 0.15) is 0 Å². The van der Waals surface area contributed by atoms with E-state index in [1.54, 1.807) is 0 Å². The van der Waals surface area contributed by atoms with E-state index in [9.17, 15) is 0 Å². The van der Waals surface area contributed by atoms with Crippen molar-refractivity contribution in [3.8, 4) is 0 Å². The van der Waals surface area contributed by atoms with Gasteiger partial charge in [0.25, 0.3) is 0 Å². The second-order valence-electron chi connectivity index (χ2n) is 4.33. The molecule has 0 amide bonds. The second-order valence-corrected chi connectivity index (χ2v) is 4.33. The van der Waals surface area contributed by atoms with Gasteiger partial charge in [-0.2, -0.15) is 0 Å². The molecule has 0 bridgehead atoms. The summed E-state index contributed by atoms with van der Waals surface area (Å²) in [7, 11) is 0. The standard InChI is InChI=1S/C13H18/c1-11(7-8-12-9-10-12)13-5-3-2-4-6-13/h2-6,11-12H,7-10H2,1H3. The monoisotopic (exact) mass is 174 g/mol. The zero-order valence-electron chi connectivity index (χ0n) is 8.37. The molecule has 13 heavy (non-hydrogen) atoms. The Hall–Kier alpha value is -0.780. The summed E-state index contributed by atoms with van der Waals surface area (Å²) in [6.07, 6.45) is 5.79. The average molecular weight is 174 g/mol. The highest BCUT2D eigenvalue weighted by atomic mass is 14.3. The van der Waals surface area contributed by atoms with Crippen molar-refractivity contribution in [2.45, 2.75) is 38.5 Å². The predicted molar refractivity (Wildman–Crippen MR) is 56.8 cm³/mol. The molecule has 1 saturated carbocycles. The van der Waals surface area contributed by atoms with Crippen molar-refractivity contribution in [2.75, 3.05) is 0 Å². The lowest BCUT2D eigenvalue weighted by atomic mass is 9.95. The van der Waals surface area contributed by atoms with E-state index < -0.39 is 0 Å². The molecule has 0 saturated heterocycles. The Kier molecular flexibility index (Phi) is 2.68. The Labute approximate surface area is 81.0 Å². The molecule has 0 spiro atoms. The van der Waals surface area contributed by atoms with Crippen LogP contribution in [0.3, 0.4) is 0 Å². The fraction of sp³-hybridized carbons (Fsp3) is 0.538. The van der Waals surface area contributed by atoms with Crippen molar-refractivity contribution in [3.63, 3.8) is 0 Å². The third kappa shape index (κ3) is 2.58. The van der Waals surface area contributed by atoms with Gasteiger partial charge in [0.15, 0.2) is 0 Å². The molecule has 0 N–H and O–H groups in total. The van der Waals surface area contributed by atoms with Crippen LogP contribution >= 0.6 is 0 Å². The summed E-state index contributed by atoms with van der Waals surface area (Å²) in [5.74, 6) is 1.83. The molecule has 0 radical (unpaired) electrons. The molecule has 0 heterocycles. The molecular formula is C13H18. The highest BCUT2D eigenvalue weighted by Gasteiger charge is 2.21. The van der Waals surface area contributed by atoms with Gasteiger partial charge in [0.05, 0.1) is 0 Å². The minimum atomic E-state index is 0.752. The fourth-order valence-electron chi connectivity index (χ4n) is 1.84. The minimum Gasteiger partial charge on any atom is -0.0622 e. The molecule has 1 aliphatic carbocycles. The molecule has 2 rings (SSSR count). The van der Waals surface area contributed by atoms with Crippen molar-refractivity contribution in [1.29, 1.82) is 0 Å². The van der Waals surface area contributed by atoms with Gasteiger partial charge < -0.3 is 0 Å². The first-order valence-corrected chi connectivity index (χ1v) is 5.41. The van der Waals surface area contributed by atoms with Crippen LogP contribution in [0.25, 0.3) is 0 Å². The van der Waals surface area contributed by atoms with Crippen LogP contribution in [-0.2, 0) is 0 Å². The molecule has 1 aromatic rings. The van der Waals surface area contributed by atoms with Crippen molar-refractivity contribution < 1.29 is 0 Å². The largest absolute Gasteiger partial charge is 0.0622 e. The molecule has 1 fully saturated rings. The van der Waals surface area contributed by atoms with E-state index in [2.05, 4.69) is 37.3 Å². The van der Waals surface area contributed by atoms with Gasteiger partial charge >= 0.3 is 0 Å². The third-order valence-corrected chi connectivity index (χ3v) is 3.07. The van der Waals surface area contributed by atoms with E-state index in [4.69, 9.17) is 0 Å². The van der Waals surface area contributed by atoms with Gasteiger partial charge in [-0.05, 0) is 30.2 Å². The summed E-state index contributed by atoms with van der Waals surface area (Å²) < 4.78 is 0. The maximum absolute atomic E-state index is 2.34. The molecule has 0 nitrogen and oxygen atoms in total. The smallest absolute Gasteiger partial charge is 0.0190 e. The minimum absolute atomic E-state index is 0.752. The van der Waals surface area contributed by atoms with E-state index in [1.165, 1.54) is 31.2 Å². The van der Waals surface area contributed by atoms with Crippen LogP contribution in [0, 0.1) is 5.92 Å². The van der Waals surface area contributed by atoms with Gasteiger partial charge in [-0.3, -0.25) is 0 Å². The molecule has 0 aliphatic heterocycles. The van der Waals surface area contributed by atoms with Gasteiger partial charge in [0.2, 0.25) is 0 Å². The highest BCUT2D eigenvalue weighted by Crippen LogP contribution is 2.36. The van der Waals surface area contributed by atoms with Gasteiger partial charge in [-0.25, -0.2) is 0 Å². The van der Waals surface area contributed by atoms with Crippen LogP contribution in [0.15, 0.2) is 30.3 Å². The zero-order chi connectivity index (χ0) is 9.10. The molecule has 0 heteroatoms. The first-order valence-electron chi connectivity index (χ1n) is 5.41. The summed E-state index contributed by atoms with van der Waals surface area (Å²) in [5, 5.41) is 0. The van der Waals surface area contributed by atoms with E-state index in [1.807, 2.05) is 0 Å². The van der Waals surface area contributed by atoms with Crippen molar-refractivity contribution >= 4 is 0 Å². The van der Waals surface area contributed by atoms with Crippen LogP contribution < -0.4 is 0 Å². The van der Waals surface area contributed by atoms with Crippen molar-refractivity contribution in [3.05, 3.63) is 35.9 Å². The third-order valence-electron chi connectivity index (χ3n) is 3.07. The summed E-state index contributed by atoms with van der Waals surface area (Å²) in [5.41, 5.74) is 1.50. The Balaban J connectivity index is 1.85. The first-order chi connectivity index (χ1) is 6.36. The molecule has 1 unspecified atom stereocenters. The number of benzene rings is 1. The zero-order valence-corrected chi connectivity index (χ0v) is 8.37. The van der Waals surface area contributed by atoms with Gasteiger partial charge in [0, 0.05) is 0 Å². The van der Waals surface area contributed by atoms with Crippen LogP contribution in [0.1, 0.15) is 44.1 Å². The number of hydrogen-bond acceptors (Lipinski definition) is 0. The second kappa shape index (κ2) is 3.95. The van der Waals surface area contributed by atoms with E-state index >= 15 is 0 Å². The molecule has 1 aromatic carbocycles. The summed E-state index contributed by atoms with van der Waals surface area (Å²) in [4.78, 5) is 0. The summed E-state index contributed by atoms with van der Waals surface area (Å²) in [6, 6.07) is 10.9. The van der Waals surface area contributed by atoms with Crippen LogP contribution in [-0.4, -0.2) is 0 Å². The summed E-state index contributed by atoms with van der Waals surface area (Å²) >= 11 is 0. The summed E-state index contributed by atoms with van der Waals surface area (Å²) in [6.45, 7) is 2.34. The molecule has 0 aromatic heterocycles. The molecule has 70 valence electrons. The lowest BCUT2D eigenvalue weighted by Crippen LogP contribution is -1.93. The van der Waals surface area contributed by atoms with Crippen LogP contribution in [0.2, 0.25) is 0 Å². The topological polar surface area (TPSA) is 0 Å². The highest BCUT2D eigenvalue weighted by molar-refractivity contribution is 5.18. The maximum atomic E-state index is 2.34. The van der Waals surface area contributed by atoms with Gasteiger partial charge in [-0.15, -0.1) is 0 Å². The normalized spacial score (nSPS) is 18.5. The molecule has 1 aliphatic rings. The van der Waals surface area contributed by atoms with Crippen molar-refractivity contribution in [1.82, 2.24) is 0 Å². The Morgan fingerprint density at radius 1 is 1.23 bits per heavy atom.